The Morgan fingerprint density at radius 1 is 1.10 bits per heavy atom. The fourth-order valence-corrected chi connectivity index (χ4v) is 9.55. The molecule has 0 aliphatic carbocycles. The first-order valence-corrected chi connectivity index (χ1v) is 17.8. The number of rotatable bonds is 12. The Kier molecular flexibility index (Phi) is 11.4. The molecule has 1 aromatic heterocycles. The maximum Gasteiger partial charge on any atom is 0.262 e. The van der Waals surface area contributed by atoms with E-state index >= 15 is 0 Å². The number of carbonyl (C=O) groups excluding carboxylic acids is 2. The summed E-state index contributed by atoms with van der Waals surface area (Å²) in [7, 11) is -3.76. The summed E-state index contributed by atoms with van der Waals surface area (Å²) < 4.78 is 29.4. The van der Waals surface area contributed by atoms with E-state index in [9.17, 15) is 18.0 Å². The number of hydrogen-bond acceptors (Lipinski definition) is 6. The van der Waals surface area contributed by atoms with Crippen molar-refractivity contribution in [1.82, 2.24) is 14.9 Å². The summed E-state index contributed by atoms with van der Waals surface area (Å²) >= 11 is 15.4. The molecular formula is C29H35Cl2N3O4S3. The van der Waals surface area contributed by atoms with Crippen molar-refractivity contribution in [2.75, 3.05) is 24.6 Å². The molecule has 12 heteroatoms. The number of thiophene rings is 1. The lowest BCUT2D eigenvalue weighted by molar-refractivity contribution is -0.123. The average Bonchev–Trinajstić information content (AvgIpc) is 3.37. The van der Waals surface area contributed by atoms with E-state index in [4.69, 9.17) is 23.2 Å². The summed E-state index contributed by atoms with van der Waals surface area (Å²) in [4.78, 5) is 26.7. The number of unbranched alkanes of at least 4 members (excludes halogenated alkanes) is 1. The van der Waals surface area contributed by atoms with E-state index < -0.39 is 16.1 Å². The number of nitrogens with one attached hydrogen (secondary N) is 2. The Bertz CT molecular complexity index is 1450. The van der Waals surface area contributed by atoms with Gasteiger partial charge in [-0.1, -0.05) is 61.7 Å². The third-order valence-electron chi connectivity index (χ3n) is 6.90. The van der Waals surface area contributed by atoms with Gasteiger partial charge in [-0.2, -0.15) is 16.1 Å². The van der Waals surface area contributed by atoms with E-state index in [1.54, 1.807) is 16.1 Å². The molecule has 2 aromatic carbocycles. The summed E-state index contributed by atoms with van der Waals surface area (Å²) in [5, 5.41) is 7.41. The second kappa shape index (κ2) is 14.6. The van der Waals surface area contributed by atoms with Crippen molar-refractivity contribution < 1.29 is 18.0 Å². The van der Waals surface area contributed by atoms with Gasteiger partial charge in [0.05, 0.1) is 9.90 Å². The van der Waals surface area contributed by atoms with Crippen molar-refractivity contribution in [3.8, 4) is 0 Å². The third-order valence-corrected chi connectivity index (χ3v) is 11.8. The minimum atomic E-state index is -3.76. The number of halogens is 2. The molecule has 1 saturated heterocycles. The zero-order chi connectivity index (χ0) is 29.6. The van der Waals surface area contributed by atoms with Crippen molar-refractivity contribution in [3.05, 3.63) is 63.5 Å². The van der Waals surface area contributed by atoms with Gasteiger partial charge in [-0.3, -0.25) is 9.59 Å². The molecule has 41 heavy (non-hydrogen) atoms. The largest absolute Gasteiger partial charge is 0.354 e. The Morgan fingerprint density at radius 3 is 2.61 bits per heavy atom. The van der Waals surface area contributed by atoms with Crippen molar-refractivity contribution in [3.63, 3.8) is 0 Å². The standard InChI is InChI=1S/C29H35Cl2N3O4S3/c1-19(2)15-24(33-29(36)26-16-20-7-3-4-9-25(20)40-26)28(35)32-12-6-5-8-22-18-39-14-13-34(22)41(37,38)27-11-10-21(30)17-23(27)31/h3-4,7,9-11,16-17,19,22,24H,5-6,8,12-15,18H2,1-2H3,(H,32,35)(H,33,36)/t22?,24-/m0/s1. The maximum atomic E-state index is 13.4. The number of hydrogen-bond donors (Lipinski definition) is 2. The maximum absolute atomic E-state index is 13.4. The molecule has 1 aliphatic rings. The number of amides is 2. The second-order valence-electron chi connectivity index (χ2n) is 10.5. The van der Waals surface area contributed by atoms with E-state index in [0.29, 0.717) is 48.0 Å². The van der Waals surface area contributed by atoms with Crippen LogP contribution in [0.1, 0.15) is 49.2 Å². The van der Waals surface area contributed by atoms with Crippen LogP contribution in [0.4, 0.5) is 0 Å². The topological polar surface area (TPSA) is 95.6 Å². The van der Waals surface area contributed by atoms with Crippen molar-refractivity contribution in [2.45, 2.75) is 56.5 Å². The van der Waals surface area contributed by atoms with Crippen LogP contribution in [0.2, 0.25) is 10.0 Å². The Hall–Kier alpha value is -1.82. The zero-order valence-corrected chi connectivity index (χ0v) is 27.0. The Labute approximate surface area is 260 Å². The lowest BCUT2D eigenvalue weighted by Crippen LogP contribution is -2.47. The second-order valence-corrected chi connectivity index (χ2v) is 15.4. The van der Waals surface area contributed by atoms with Gasteiger partial charge in [-0.05, 0) is 60.9 Å². The first-order valence-electron chi connectivity index (χ1n) is 13.7. The number of fused-ring (bicyclic) bond motifs is 1. The van der Waals surface area contributed by atoms with E-state index in [-0.39, 0.29) is 33.7 Å². The van der Waals surface area contributed by atoms with Crippen LogP contribution in [0.15, 0.2) is 53.4 Å². The predicted molar refractivity (Wildman–Crippen MR) is 171 cm³/mol. The van der Waals surface area contributed by atoms with Gasteiger partial charge < -0.3 is 10.6 Å². The van der Waals surface area contributed by atoms with Gasteiger partial charge in [0.2, 0.25) is 15.9 Å². The highest BCUT2D eigenvalue weighted by atomic mass is 35.5. The molecule has 2 N–H and O–H groups in total. The predicted octanol–water partition coefficient (Wildman–Crippen LogP) is 6.45. The van der Waals surface area contributed by atoms with Crippen molar-refractivity contribution in [2.24, 2.45) is 5.92 Å². The van der Waals surface area contributed by atoms with E-state index in [2.05, 4.69) is 10.6 Å². The van der Waals surface area contributed by atoms with Crippen LogP contribution in [-0.4, -0.2) is 61.2 Å². The van der Waals surface area contributed by atoms with Gasteiger partial charge in [0.15, 0.2) is 0 Å². The van der Waals surface area contributed by atoms with Crippen LogP contribution in [0.5, 0.6) is 0 Å². The Morgan fingerprint density at radius 2 is 1.88 bits per heavy atom. The first-order chi connectivity index (χ1) is 19.6. The highest BCUT2D eigenvalue weighted by Crippen LogP contribution is 2.32. The van der Waals surface area contributed by atoms with E-state index in [1.807, 2.05) is 44.2 Å². The summed E-state index contributed by atoms with van der Waals surface area (Å²) in [5.41, 5.74) is 0. The molecule has 0 spiro atoms. The minimum absolute atomic E-state index is 0.0709. The molecule has 3 aromatic rings. The highest BCUT2D eigenvalue weighted by Gasteiger charge is 2.34. The minimum Gasteiger partial charge on any atom is -0.354 e. The smallest absolute Gasteiger partial charge is 0.262 e. The lowest BCUT2D eigenvalue weighted by atomic mass is 10.0. The Balaban J connectivity index is 1.29. The van der Waals surface area contributed by atoms with Crippen LogP contribution in [0.3, 0.4) is 0 Å². The van der Waals surface area contributed by atoms with Gasteiger partial charge in [-0.15, -0.1) is 11.3 Å². The summed E-state index contributed by atoms with van der Waals surface area (Å²) in [5.74, 6) is 1.20. The molecule has 0 saturated carbocycles. The lowest BCUT2D eigenvalue weighted by Gasteiger charge is -2.34. The van der Waals surface area contributed by atoms with Gasteiger partial charge in [0, 0.05) is 40.4 Å². The molecule has 2 atom stereocenters. The fraction of sp³-hybridized carbons (Fsp3) is 0.448. The third kappa shape index (κ3) is 8.39. The van der Waals surface area contributed by atoms with Crippen LogP contribution in [0.25, 0.3) is 10.1 Å². The first kappa shape index (κ1) is 32.1. The number of sulfonamides is 1. The molecule has 2 heterocycles. The quantitative estimate of drug-likeness (QED) is 0.219. The number of thioether (sulfide) groups is 1. The highest BCUT2D eigenvalue weighted by molar-refractivity contribution is 7.99. The fourth-order valence-electron chi connectivity index (χ4n) is 4.86. The molecule has 4 rings (SSSR count). The molecule has 222 valence electrons. The van der Waals surface area contributed by atoms with Crippen LogP contribution >= 0.6 is 46.3 Å². The number of nitrogens with zero attached hydrogens (tertiary/aromatic N) is 1. The van der Waals surface area contributed by atoms with Crippen molar-refractivity contribution >= 4 is 78.2 Å². The van der Waals surface area contributed by atoms with Crippen LogP contribution < -0.4 is 10.6 Å². The molecule has 1 aliphatic heterocycles. The van der Waals surface area contributed by atoms with Crippen LogP contribution in [-0.2, 0) is 14.8 Å². The average molecular weight is 657 g/mol. The molecule has 0 radical (unpaired) electrons. The molecule has 1 unspecified atom stereocenters. The van der Waals surface area contributed by atoms with E-state index in [1.165, 1.54) is 29.5 Å². The van der Waals surface area contributed by atoms with Crippen LogP contribution in [0, 0.1) is 5.92 Å². The van der Waals surface area contributed by atoms with Crippen molar-refractivity contribution in [1.29, 1.82) is 0 Å². The number of carbonyl (C=O) groups is 2. The molecular weight excluding hydrogens is 621 g/mol. The monoisotopic (exact) mass is 655 g/mol. The van der Waals surface area contributed by atoms with Gasteiger partial charge in [0.25, 0.3) is 5.91 Å². The normalized spacial score (nSPS) is 17.0. The van der Waals surface area contributed by atoms with E-state index in [0.717, 1.165) is 22.3 Å². The molecule has 7 nitrogen and oxygen atoms in total. The summed E-state index contributed by atoms with van der Waals surface area (Å²) in [6.45, 7) is 4.90. The number of benzene rings is 2. The SMILES string of the molecule is CC(C)C[C@H](NC(=O)c1cc2ccccc2s1)C(=O)NCCCCC1CSCCN1S(=O)(=O)c1ccc(Cl)cc1Cl. The molecule has 1 fully saturated rings. The molecule has 2 amide bonds. The zero-order valence-electron chi connectivity index (χ0n) is 23.1. The van der Waals surface area contributed by atoms with Gasteiger partial charge in [-0.25, -0.2) is 8.42 Å². The summed E-state index contributed by atoms with van der Waals surface area (Å²) in [6.07, 6.45) is 2.64. The van der Waals surface area contributed by atoms with Gasteiger partial charge >= 0.3 is 0 Å². The van der Waals surface area contributed by atoms with Gasteiger partial charge in [0.1, 0.15) is 10.9 Å². The summed E-state index contributed by atoms with van der Waals surface area (Å²) in [6, 6.07) is 13.3. The molecule has 0 bridgehead atoms.